The maximum Gasteiger partial charge on any atom is 0.321 e. The van der Waals surface area contributed by atoms with Crippen molar-refractivity contribution in [1.82, 2.24) is 9.80 Å². The summed E-state index contributed by atoms with van der Waals surface area (Å²) in [5, 5.41) is 0. The Morgan fingerprint density at radius 2 is 2.05 bits per heavy atom. The van der Waals surface area contributed by atoms with E-state index in [4.69, 9.17) is 0 Å². The van der Waals surface area contributed by atoms with Gasteiger partial charge in [-0.05, 0) is 37.5 Å². The molecule has 0 saturated heterocycles. The van der Waals surface area contributed by atoms with Crippen LogP contribution in [0, 0.1) is 0 Å². The third kappa shape index (κ3) is 3.02. The fourth-order valence-electron chi connectivity index (χ4n) is 2.85. The number of hydrogen-bond acceptors (Lipinski definition) is 1. The van der Waals surface area contributed by atoms with Gasteiger partial charge in [-0.2, -0.15) is 0 Å². The van der Waals surface area contributed by atoms with Crippen molar-refractivity contribution in [2.24, 2.45) is 0 Å². The molecule has 2 amide bonds. The smallest absolute Gasteiger partial charge is 0.321 e. The maximum absolute atomic E-state index is 12.8. The minimum atomic E-state index is -0.0505. The Bertz CT molecular complexity index is 558. The molecule has 21 heavy (non-hydrogen) atoms. The van der Waals surface area contributed by atoms with E-state index >= 15 is 0 Å². The number of benzene rings is 1. The van der Waals surface area contributed by atoms with E-state index in [9.17, 15) is 4.79 Å². The zero-order valence-corrected chi connectivity index (χ0v) is 13.2. The quantitative estimate of drug-likeness (QED) is 0.772. The fraction of sp³-hybridized carbons (Fsp3) is 0.389. The summed E-state index contributed by atoms with van der Waals surface area (Å²) in [6.07, 6.45) is 4.02. The molecule has 0 N–H and O–H groups in total. The van der Waals surface area contributed by atoms with Crippen molar-refractivity contribution in [3.05, 3.63) is 53.6 Å². The van der Waals surface area contributed by atoms with E-state index in [1.54, 1.807) is 0 Å². The maximum atomic E-state index is 12.8. The van der Waals surface area contributed by atoms with Crippen molar-refractivity contribution in [3.63, 3.8) is 0 Å². The molecule has 2 rings (SSSR count). The summed E-state index contributed by atoms with van der Waals surface area (Å²) in [6, 6.07) is 8.28. The van der Waals surface area contributed by atoms with Crippen LogP contribution < -0.4 is 0 Å². The minimum absolute atomic E-state index is 0.0505. The van der Waals surface area contributed by atoms with Crippen LogP contribution in [0.5, 0.6) is 0 Å². The van der Waals surface area contributed by atoms with E-state index in [1.165, 1.54) is 11.1 Å². The van der Waals surface area contributed by atoms with E-state index < -0.39 is 0 Å². The minimum Gasteiger partial charge on any atom is -0.325 e. The van der Waals surface area contributed by atoms with Crippen molar-refractivity contribution in [1.29, 1.82) is 0 Å². The molecular weight excluding hydrogens is 260 g/mol. The molecule has 3 nitrogen and oxygen atoms in total. The summed E-state index contributed by atoms with van der Waals surface area (Å²) < 4.78 is 0. The standard InChI is InChI=1S/C18H24N2O/c1-5-17-14(4)12-15-10-8-9-11-16(15)13-20(17)18(21)19(6-2)7-3/h5,8-12,17H,1,6-7,13H2,2-4H3. The Kier molecular flexibility index (Phi) is 4.84. The molecular formula is C18H24N2O. The molecule has 1 unspecified atom stereocenters. The van der Waals surface area contributed by atoms with Crippen LogP contribution in [0.25, 0.3) is 6.08 Å². The summed E-state index contributed by atoms with van der Waals surface area (Å²) in [6.45, 7) is 12.1. The first kappa shape index (κ1) is 15.4. The number of nitrogens with zero attached hydrogens (tertiary/aromatic N) is 2. The van der Waals surface area contributed by atoms with Crippen LogP contribution in [0.15, 0.2) is 42.5 Å². The normalized spacial score (nSPS) is 17.6. The topological polar surface area (TPSA) is 23.6 Å². The van der Waals surface area contributed by atoms with Gasteiger partial charge < -0.3 is 9.80 Å². The highest BCUT2D eigenvalue weighted by Gasteiger charge is 2.28. The van der Waals surface area contributed by atoms with Gasteiger partial charge >= 0.3 is 6.03 Å². The molecule has 0 spiro atoms. The average Bonchev–Trinajstić information content (AvgIpc) is 2.63. The Labute approximate surface area is 127 Å². The van der Waals surface area contributed by atoms with E-state index in [1.807, 2.05) is 41.9 Å². The second-order valence-electron chi connectivity index (χ2n) is 5.35. The number of amides is 2. The second kappa shape index (κ2) is 6.61. The van der Waals surface area contributed by atoms with Gasteiger partial charge in [0.1, 0.15) is 0 Å². The SMILES string of the molecule is C=CC1C(C)=Cc2ccccc2CN1C(=O)N(CC)CC. The van der Waals surface area contributed by atoms with Crippen LogP contribution in [0.1, 0.15) is 31.9 Å². The lowest BCUT2D eigenvalue weighted by atomic mass is 10.0. The average molecular weight is 284 g/mol. The molecule has 1 aliphatic heterocycles. The Hall–Kier alpha value is -2.03. The van der Waals surface area contributed by atoms with Crippen LogP contribution in [0.4, 0.5) is 4.79 Å². The molecule has 112 valence electrons. The molecule has 1 heterocycles. The molecule has 1 aliphatic rings. The summed E-state index contributed by atoms with van der Waals surface area (Å²) in [7, 11) is 0. The first-order valence-corrected chi connectivity index (χ1v) is 7.56. The molecule has 0 aliphatic carbocycles. The number of urea groups is 1. The van der Waals surface area contributed by atoms with Gasteiger partial charge in [0.2, 0.25) is 0 Å². The summed E-state index contributed by atoms with van der Waals surface area (Å²) in [4.78, 5) is 16.6. The highest BCUT2D eigenvalue weighted by Crippen LogP contribution is 2.26. The number of carbonyl (C=O) groups excluding carboxylic acids is 1. The molecule has 0 saturated carbocycles. The van der Waals surface area contributed by atoms with Gasteiger partial charge in [0, 0.05) is 19.6 Å². The van der Waals surface area contributed by atoms with E-state index in [0.29, 0.717) is 6.54 Å². The number of hydrogen-bond donors (Lipinski definition) is 0. The third-order valence-electron chi connectivity index (χ3n) is 4.08. The van der Waals surface area contributed by atoms with Crippen molar-refractivity contribution in [2.75, 3.05) is 13.1 Å². The molecule has 1 aromatic rings. The molecule has 0 bridgehead atoms. The monoisotopic (exact) mass is 284 g/mol. The Morgan fingerprint density at radius 3 is 2.67 bits per heavy atom. The number of carbonyl (C=O) groups is 1. The van der Waals surface area contributed by atoms with E-state index in [2.05, 4.69) is 31.7 Å². The molecule has 1 atom stereocenters. The second-order valence-corrected chi connectivity index (χ2v) is 5.35. The predicted molar refractivity (Wildman–Crippen MR) is 87.9 cm³/mol. The zero-order chi connectivity index (χ0) is 15.4. The van der Waals surface area contributed by atoms with Crippen molar-refractivity contribution < 1.29 is 4.79 Å². The van der Waals surface area contributed by atoms with Gasteiger partial charge in [-0.3, -0.25) is 0 Å². The van der Waals surface area contributed by atoms with E-state index in [0.717, 1.165) is 18.7 Å². The van der Waals surface area contributed by atoms with Crippen LogP contribution in [-0.2, 0) is 6.54 Å². The van der Waals surface area contributed by atoms with Crippen LogP contribution in [0.2, 0.25) is 0 Å². The molecule has 0 fully saturated rings. The first-order valence-electron chi connectivity index (χ1n) is 7.56. The molecule has 0 radical (unpaired) electrons. The molecule has 0 aromatic heterocycles. The van der Waals surface area contributed by atoms with Crippen LogP contribution >= 0.6 is 0 Å². The Balaban J connectivity index is 2.43. The third-order valence-corrected chi connectivity index (χ3v) is 4.08. The van der Waals surface area contributed by atoms with Gasteiger partial charge in [0.05, 0.1) is 6.04 Å². The first-order chi connectivity index (χ1) is 10.1. The van der Waals surface area contributed by atoms with Crippen molar-refractivity contribution in [3.8, 4) is 0 Å². The highest BCUT2D eigenvalue weighted by atomic mass is 16.2. The lowest BCUT2D eigenvalue weighted by Gasteiger charge is -2.33. The van der Waals surface area contributed by atoms with Gasteiger partial charge in [0.25, 0.3) is 0 Å². The van der Waals surface area contributed by atoms with Crippen molar-refractivity contribution >= 4 is 12.1 Å². The summed E-state index contributed by atoms with van der Waals surface area (Å²) in [5.41, 5.74) is 3.52. The van der Waals surface area contributed by atoms with E-state index in [-0.39, 0.29) is 12.1 Å². The zero-order valence-electron chi connectivity index (χ0n) is 13.2. The van der Waals surface area contributed by atoms with Gasteiger partial charge in [0.15, 0.2) is 0 Å². The van der Waals surface area contributed by atoms with Crippen LogP contribution in [0.3, 0.4) is 0 Å². The molecule has 3 heteroatoms. The van der Waals surface area contributed by atoms with Gasteiger partial charge in [-0.1, -0.05) is 36.4 Å². The largest absolute Gasteiger partial charge is 0.325 e. The summed E-state index contributed by atoms with van der Waals surface area (Å²) >= 11 is 0. The Morgan fingerprint density at radius 1 is 1.38 bits per heavy atom. The lowest BCUT2D eigenvalue weighted by Crippen LogP contribution is -2.47. The van der Waals surface area contributed by atoms with Gasteiger partial charge in [-0.25, -0.2) is 4.79 Å². The lowest BCUT2D eigenvalue weighted by molar-refractivity contribution is 0.149. The molecule has 1 aromatic carbocycles. The van der Waals surface area contributed by atoms with Crippen LogP contribution in [-0.4, -0.2) is 35.0 Å². The highest BCUT2D eigenvalue weighted by molar-refractivity contribution is 5.77. The fourth-order valence-corrected chi connectivity index (χ4v) is 2.85. The summed E-state index contributed by atoms with van der Waals surface area (Å²) in [5.74, 6) is 0. The predicted octanol–water partition coefficient (Wildman–Crippen LogP) is 3.92. The number of rotatable bonds is 3. The van der Waals surface area contributed by atoms with Crippen molar-refractivity contribution in [2.45, 2.75) is 33.4 Å². The van der Waals surface area contributed by atoms with Gasteiger partial charge in [-0.15, -0.1) is 6.58 Å². The number of fused-ring (bicyclic) bond motifs is 1.